The summed E-state index contributed by atoms with van der Waals surface area (Å²) in [6, 6.07) is 61.0. The van der Waals surface area contributed by atoms with Gasteiger partial charge in [0.05, 0.1) is 0 Å². The Morgan fingerprint density at radius 2 is 0.860 bits per heavy atom. The summed E-state index contributed by atoms with van der Waals surface area (Å²) in [6.45, 7) is 0. The smallest absolute Gasteiger partial charge is 0.199 e. The van der Waals surface area contributed by atoms with Crippen molar-refractivity contribution in [3.63, 3.8) is 0 Å². The number of hydrogen-bond acceptors (Lipinski definition) is 2. The molecular formula is C40H34O2P+. The lowest BCUT2D eigenvalue weighted by Crippen LogP contribution is -2.42. The maximum Gasteiger partial charge on any atom is 0.199 e. The Morgan fingerprint density at radius 1 is 0.512 bits per heavy atom. The van der Waals surface area contributed by atoms with E-state index in [0.717, 1.165) is 5.56 Å². The van der Waals surface area contributed by atoms with E-state index in [1.54, 1.807) is 12.1 Å². The molecule has 210 valence electrons. The quantitative estimate of drug-likeness (QED) is 0.133. The molecule has 0 bridgehead atoms. The molecule has 6 aromatic carbocycles. The minimum Gasteiger partial charge on any atom is -0.377 e. The highest BCUT2D eigenvalue weighted by Gasteiger charge is 2.56. The zero-order valence-electron chi connectivity index (χ0n) is 23.9. The number of Topliss-reactive ketones (excluding diaryl/α,β-unsaturated/α-hetero) is 1. The molecule has 1 N–H and O–H groups in total. The van der Waals surface area contributed by atoms with E-state index >= 15 is 0 Å². The van der Waals surface area contributed by atoms with Crippen LogP contribution < -0.4 is 15.9 Å². The van der Waals surface area contributed by atoms with Crippen LogP contribution in [0.15, 0.2) is 182 Å². The minimum absolute atomic E-state index is 0.196. The summed E-state index contributed by atoms with van der Waals surface area (Å²) in [6.07, 6.45) is 0.196. The van der Waals surface area contributed by atoms with Crippen molar-refractivity contribution in [3.8, 4) is 0 Å². The Bertz CT molecular complexity index is 1650. The summed E-state index contributed by atoms with van der Waals surface area (Å²) in [5, 5.41) is 16.5. The molecule has 0 saturated carbocycles. The summed E-state index contributed by atoms with van der Waals surface area (Å²) in [5.41, 5.74) is 0.148. The van der Waals surface area contributed by atoms with Crippen LogP contribution >= 0.6 is 7.26 Å². The summed E-state index contributed by atoms with van der Waals surface area (Å²) in [7, 11) is -2.55. The number of carbonyl (C=O) groups is 1. The zero-order valence-corrected chi connectivity index (χ0v) is 24.8. The highest BCUT2D eigenvalue weighted by atomic mass is 31.2. The lowest BCUT2D eigenvalue weighted by molar-refractivity contribution is 0.0246. The standard InChI is InChI=1S/C40H34O2P/c41-39(33-21-9-2-10-22-33)40(42,34-23-11-3-12-24-34)31-38(32-19-7-1-8-20-32)43(35-25-13-4-14-26-35,36-27-15-5-16-28-36)37-29-17-6-18-30-37/h1-30,38,42H,31H2/q+1/t38-,40+/m0/s1. The van der Waals surface area contributed by atoms with Gasteiger partial charge in [-0.05, 0) is 47.5 Å². The van der Waals surface area contributed by atoms with Gasteiger partial charge in [0.1, 0.15) is 28.8 Å². The van der Waals surface area contributed by atoms with E-state index in [1.165, 1.54) is 15.9 Å². The van der Waals surface area contributed by atoms with Gasteiger partial charge in [0, 0.05) is 12.0 Å². The first-order valence-electron chi connectivity index (χ1n) is 14.6. The highest BCUT2D eigenvalue weighted by molar-refractivity contribution is 7.96. The van der Waals surface area contributed by atoms with Crippen molar-refractivity contribution >= 4 is 29.0 Å². The molecule has 2 nitrogen and oxygen atoms in total. The molecule has 6 rings (SSSR count). The van der Waals surface area contributed by atoms with Crippen molar-refractivity contribution in [1.29, 1.82) is 0 Å². The fourth-order valence-corrected chi connectivity index (χ4v) is 11.4. The van der Waals surface area contributed by atoms with Crippen LogP contribution in [0.1, 0.15) is 33.6 Å². The predicted octanol–water partition coefficient (Wildman–Crippen LogP) is 7.88. The lowest BCUT2D eigenvalue weighted by atomic mass is 9.81. The van der Waals surface area contributed by atoms with Gasteiger partial charge in [-0.2, -0.15) is 0 Å². The maximum absolute atomic E-state index is 14.5. The SMILES string of the molecule is O=C(c1ccccc1)[C@@](O)(C[C@@H](c1ccccc1)[P+](c1ccccc1)(c1ccccc1)c1ccccc1)c1ccccc1. The molecule has 0 aliphatic rings. The van der Waals surface area contributed by atoms with Crippen LogP contribution in [0, 0.1) is 0 Å². The fourth-order valence-electron chi connectivity index (χ4n) is 6.29. The predicted molar refractivity (Wildman–Crippen MR) is 180 cm³/mol. The Labute approximate surface area is 254 Å². The molecule has 0 aliphatic carbocycles. The average molecular weight is 578 g/mol. The van der Waals surface area contributed by atoms with Gasteiger partial charge in [-0.1, -0.05) is 146 Å². The Hall–Kier alpha value is -4.62. The monoisotopic (exact) mass is 577 g/mol. The molecule has 6 aromatic rings. The Kier molecular flexibility index (Phi) is 8.43. The number of carbonyl (C=O) groups excluding carboxylic acids is 1. The largest absolute Gasteiger partial charge is 0.377 e. The van der Waals surface area contributed by atoms with E-state index in [1.807, 2.05) is 72.8 Å². The van der Waals surface area contributed by atoms with Crippen molar-refractivity contribution in [3.05, 3.63) is 199 Å². The van der Waals surface area contributed by atoms with Crippen LogP contribution in [-0.2, 0) is 5.60 Å². The second kappa shape index (κ2) is 12.7. The van der Waals surface area contributed by atoms with E-state index in [2.05, 4.69) is 97.1 Å². The molecule has 0 radical (unpaired) electrons. The normalized spacial score (nSPS) is 13.5. The highest BCUT2D eigenvalue weighted by Crippen LogP contribution is 2.69. The number of hydrogen-bond donors (Lipinski definition) is 1. The van der Waals surface area contributed by atoms with E-state index in [-0.39, 0.29) is 17.9 Å². The molecule has 0 saturated heterocycles. The lowest BCUT2D eigenvalue weighted by Gasteiger charge is -2.39. The van der Waals surface area contributed by atoms with Crippen LogP contribution in [-0.4, -0.2) is 10.9 Å². The van der Waals surface area contributed by atoms with Gasteiger partial charge in [-0.25, -0.2) is 0 Å². The van der Waals surface area contributed by atoms with Crippen molar-refractivity contribution in [2.24, 2.45) is 0 Å². The molecule has 0 unspecified atom stereocenters. The van der Waals surface area contributed by atoms with E-state index in [9.17, 15) is 9.90 Å². The minimum atomic E-state index is -2.55. The summed E-state index contributed by atoms with van der Waals surface area (Å²) >= 11 is 0. The molecule has 3 heteroatoms. The van der Waals surface area contributed by atoms with Crippen LogP contribution in [0.4, 0.5) is 0 Å². The van der Waals surface area contributed by atoms with Crippen molar-refractivity contribution in [2.75, 3.05) is 0 Å². The van der Waals surface area contributed by atoms with E-state index in [0.29, 0.717) is 11.1 Å². The average Bonchev–Trinajstić information content (AvgIpc) is 3.10. The van der Waals surface area contributed by atoms with Gasteiger partial charge in [-0.3, -0.25) is 4.79 Å². The molecule has 0 amide bonds. The molecule has 0 fully saturated rings. The van der Waals surface area contributed by atoms with Gasteiger partial charge in [0.25, 0.3) is 0 Å². The first-order valence-corrected chi connectivity index (χ1v) is 16.5. The molecule has 0 heterocycles. The first kappa shape index (κ1) is 28.5. The van der Waals surface area contributed by atoms with Gasteiger partial charge < -0.3 is 5.11 Å². The van der Waals surface area contributed by atoms with Crippen LogP contribution in [0.5, 0.6) is 0 Å². The summed E-state index contributed by atoms with van der Waals surface area (Å²) in [4.78, 5) is 14.5. The molecule has 2 atom stereocenters. The third-order valence-corrected chi connectivity index (χ3v) is 13.0. The van der Waals surface area contributed by atoms with Crippen LogP contribution in [0.2, 0.25) is 0 Å². The topological polar surface area (TPSA) is 37.3 Å². The Balaban J connectivity index is 1.69. The second-order valence-corrected chi connectivity index (χ2v) is 14.4. The summed E-state index contributed by atoms with van der Waals surface area (Å²) in [5.74, 6) is -0.299. The van der Waals surface area contributed by atoms with E-state index < -0.39 is 12.9 Å². The van der Waals surface area contributed by atoms with E-state index in [4.69, 9.17) is 0 Å². The molecule has 0 spiro atoms. The fraction of sp³-hybridized carbons (Fsp3) is 0.0750. The van der Waals surface area contributed by atoms with Gasteiger partial charge in [-0.15, -0.1) is 0 Å². The van der Waals surface area contributed by atoms with Crippen molar-refractivity contribution in [2.45, 2.75) is 17.7 Å². The summed E-state index contributed by atoms with van der Waals surface area (Å²) < 4.78 is 0. The van der Waals surface area contributed by atoms with Gasteiger partial charge in [0.15, 0.2) is 11.4 Å². The molecule has 43 heavy (non-hydrogen) atoms. The van der Waals surface area contributed by atoms with Gasteiger partial charge in [0.2, 0.25) is 0 Å². The number of rotatable bonds is 10. The van der Waals surface area contributed by atoms with Crippen molar-refractivity contribution < 1.29 is 9.90 Å². The first-order chi connectivity index (χ1) is 21.1. The number of ketones is 1. The number of benzene rings is 6. The maximum atomic E-state index is 14.5. The van der Waals surface area contributed by atoms with Crippen molar-refractivity contribution in [1.82, 2.24) is 0 Å². The molecule has 0 aromatic heterocycles. The number of aliphatic hydroxyl groups is 1. The third kappa shape index (κ3) is 5.48. The van der Waals surface area contributed by atoms with Crippen LogP contribution in [0.3, 0.4) is 0 Å². The van der Waals surface area contributed by atoms with Gasteiger partial charge >= 0.3 is 0 Å². The molecular weight excluding hydrogens is 543 g/mol. The third-order valence-electron chi connectivity index (χ3n) is 8.29. The second-order valence-electron chi connectivity index (χ2n) is 10.8. The molecule has 0 aliphatic heterocycles. The zero-order chi connectivity index (χ0) is 29.5. The van der Waals surface area contributed by atoms with Crippen LogP contribution in [0.25, 0.3) is 0 Å². The Morgan fingerprint density at radius 3 is 1.28 bits per heavy atom.